The Bertz CT molecular complexity index is 1240. The van der Waals surface area contributed by atoms with E-state index in [0.29, 0.717) is 35.1 Å². The lowest BCUT2D eigenvalue weighted by molar-refractivity contribution is -0.132. The number of amides is 1. The number of carbonyl (C=O) groups is 2. The second kappa shape index (κ2) is 9.66. The molecule has 34 heavy (non-hydrogen) atoms. The molecular weight excluding hydrogens is 436 g/mol. The molecule has 1 amide bonds. The zero-order chi connectivity index (χ0) is 24.2. The number of nitrogens with zero attached hydrogens (tertiary/aromatic N) is 2. The number of aromatic nitrogens is 1. The fourth-order valence-corrected chi connectivity index (χ4v) is 3.97. The van der Waals surface area contributed by atoms with E-state index in [2.05, 4.69) is 4.98 Å². The summed E-state index contributed by atoms with van der Waals surface area (Å²) in [5.74, 6) is -0.483. The molecule has 0 aliphatic carbocycles. The summed E-state index contributed by atoms with van der Waals surface area (Å²) in [6.45, 7) is 2.38. The number of aliphatic hydroxyl groups is 1. The maximum Gasteiger partial charge on any atom is 0.300 e. The lowest BCUT2D eigenvalue weighted by atomic mass is 9.95. The van der Waals surface area contributed by atoms with Crippen LogP contribution in [0.2, 0.25) is 0 Å². The van der Waals surface area contributed by atoms with Gasteiger partial charge in [0.2, 0.25) is 0 Å². The van der Waals surface area contributed by atoms with Crippen LogP contribution in [-0.2, 0) is 9.59 Å². The van der Waals surface area contributed by atoms with Gasteiger partial charge in [-0.3, -0.25) is 19.5 Å². The highest BCUT2D eigenvalue weighted by molar-refractivity contribution is 6.51. The molecule has 0 saturated carbocycles. The molecule has 2 heterocycles. The number of carbonyl (C=O) groups excluding carboxylic acids is 2. The summed E-state index contributed by atoms with van der Waals surface area (Å²) in [6.07, 6.45) is 3.14. The first-order valence-corrected chi connectivity index (χ1v) is 10.7. The van der Waals surface area contributed by atoms with Gasteiger partial charge in [-0.05, 0) is 67.1 Å². The SMILES string of the molecule is CCOc1ccc(N2C(=O)C(=O)/C(=C(/O)c3cc(OC)ccc3OC)C2c2ccncc2)cc1. The van der Waals surface area contributed by atoms with Crippen LogP contribution in [0.1, 0.15) is 24.1 Å². The standard InChI is InChI=1S/C26H24N2O6/c1-4-34-18-7-5-17(6-8-18)28-23(16-11-13-27-14-12-16)22(25(30)26(28)31)24(29)20-15-19(32-2)9-10-21(20)33-3/h5-15,23,29H,4H2,1-3H3/b24-22+. The second-order valence-electron chi connectivity index (χ2n) is 7.44. The van der Waals surface area contributed by atoms with Gasteiger partial charge in [0, 0.05) is 18.1 Å². The van der Waals surface area contributed by atoms with Crippen LogP contribution in [0.15, 0.2) is 72.6 Å². The van der Waals surface area contributed by atoms with E-state index >= 15 is 0 Å². The minimum Gasteiger partial charge on any atom is -0.507 e. The quantitative estimate of drug-likeness (QED) is 0.322. The largest absolute Gasteiger partial charge is 0.507 e. The first kappa shape index (κ1) is 22.8. The average Bonchev–Trinajstić information content (AvgIpc) is 3.14. The Morgan fingerprint density at radius 2 is 1.65 bits per heavy atom. The third-order valence-electron chi connectivity index (χ3n) is 5.55. The predicted molar refractivity (Wildman–Crippen MR) is 126 cm³/mol. The molecule has 3 aromatic rings. The van der Waals surface area contributed by atoms with Crippen LogP contribution < -0.4 is 19.1 Å². The fraction of sp³-hybridized carbons (Fsp3) is 0.192. The molecule has 1 unspecified atom stereocenters. The van der Waals surface area contributed by atoms with Crippen LogP contribution in [0.25, 0.3) is 5.76 Å². The summed E-state index contributed by atoms with van der Waals surface area (Å²) >= 11 is 0. The van der Waals surface area contributed by atoms with E-state index in [1.54, 1.807) is 67.0 Å². The Morgan fingerprint density at radius 1 is 0.971 bits per heavy atom. The van der Waals surface area contributed by atoms with Crippen LogP contribution in [0, 0.1) is 0 Å². The summed E-state index contributed by atoms with van der Waals surface area (Å²) in [4.78, 5) is 32.0. The summed E-state index contributed by atoms with van der Waals surface area (Å²) in [5, 5.41) is 11.4. The number of benzene rings is 2. The molecule has 0 bridgehead atoms. The predicted octanol–water partition coefficient (Wildman–Crippen LogP) is 4.12. The van der Waals surface area contributed by atoms with E-state index in [1.807, 2.05) is 6.92 Å². The summed E-state index contributed by atoms with van der Waals surface area (Å²) in [7, 11) is 2.95. The van der Waals surface area contributed by atoms with Gasteiger partial charge in [0.15, 0.2) is 0 Å². The Kier molecular flexibility index (Phi) is 6.49. The number of pyridine rings is 1. The van der Waals surface area contributed by atoms with Gasteiger partial charge in [0.1, 0.15) is 23.0 Å². The number of hydrogen-bond donors (Lipinski definition) is 1. The Morgan fingerprint density at radius 3 is 2.26 bits per heavy atom. The molecule has 1 fully saturated rings. The van der Waals surface area contributed by atoms with E-state index in [-0.39, 0.29) is 16.9 Å². The number of ketones is 1. The number of aliphatic hydroxyl groups excluding tert-OH is 1. The van der Waals surface area contributed by atoms with Crippen molar-refractivity contribution in [3.63, 3.8) is 0 Å². The lowest BCUT2D eigenvalue weighted by Gasteiger charge is -2.25. The van der Waals surface area contributed by atoms with Gasteiger partial charge in [-0.15, -0.1) is 0 Å². The maximum absolute atomic E-state index is 13.3. The van der Waals surface area contributed by atoms with Gasteiger partial charge in [0.05, 0.1) is 38.0 Å². The minimum atomic E-state index is -0.878. The number of ether oxygens (including phenoxy) is 3. The van der Waals surface area contributed by atoms with Crippen molar-refractivity contribution >= 4 is 23.1 Å². The Hall–Kier alpha value is -4.33. The minimum absolute atomic E-state index is 0.0587. The highest BCUT2D eigenvalue weighted by atomic mass is 16.5. The van der Waals surface area contributed by atoms with Crippen molar-refractivity contribution in [2.75, 3.05) is 25.7 Å². The van der Waals surface area contributed by atoms with Crippen molar-refractivity contribution in [2.24, 2.45) is 0 Å². The number of hydrogen-bond acceptors (Lipinski definition) is 7. The van der Waals surface area contributed by atoms with Crippen LogP contribution >= 0.6 is 0 Å². The number of methoxy groups -OCH3 is 2. The molecule has 8 nitrogen and oxygen atoms in total. The van der Waals surface area contributed by atoms with Crippen LogP contribution in [-0.4, -0.2) is 42.6 Å². The molecule has 174 valence electrons. The smallest absolute Gasteiger partial charge is 0.300 e. The normalized spacial score (nSPS) is 17.0. The number of rotatable bonds is 7. The van der Waals surface area contributed by atoms with Crippen LogP contribution in [0.3, 0.4) is 0 Å². The van der Waals surface area contributed by atoms with E-state index < -0.39 is 17.7 Å². The van der Waals surface area contributed by atoms with Gasteiger partial charge in [-0.25, -0.2) is 0 Å². The fourth-order valence-electron chi connectivity index (χ4n) is 3.97. The molecule has 2 aromatic carbocycles. The van der Waals surface area contributed by atoms with Crippen molar-refractivity contribution < 1.29 is 28.9 Å². The maximum atomic E-state index is 13.3. The Labute approximate surface area is 197 Å². The highest BCUT2D eigenvalue weighted by Crippen LogP contribution is 2.43. The molecular formula is C26H24N2O6. The van der Waals surface area contributed by atoms with Crippen LogP contribution in [0.5, 0.6) is 17.2 Å². The molecule has 1 aliphatic rings. The first-order chi connectivity index (χ1) is 16.5. The van der Waals surface area contributed by atoms with E-state index in [9.17, 15) is 14.7 Å². The van der Waals surface area contributed by atoms with Gasteiger partial charge < -0.3 is 19.3 Å². The van der Waals surface area contributed by atoms with Gasteiger partial charge in [-0.1, -0.05) is 0 Å². The molecule has 4 rings (SSSR count). The van der Waals surface area contributed by atoms with Crippen molar-refractivity contribution in [1.29, 1.82) is 0 Å². The summed E-state index contributed by atoms with van der Waals surface area (Å²) < 4.78 is 16.2. The first-order valence-electron chi connectivity index (χ1n) is 10.7. The topological polar surface area (TPSA) is 98.2 Å². The molecule has 1 saturated heterocycles. The van der Waals surface area contributed by atoms with Gasteiger partial charge in [0.25, 0.3) is 11.7 Å². The molecule has 1 atom stereocenters. The van der Waals surface area contributed by atoms with Gasteiger partial charge in [-0.2, -0.15) is 0 Å². The van der Waals surface area contributed by atoms with Crippen molar-refractivity contribution in [3.8, 4) is 17.2 Å². The molecule has 1 N–H and O–H groups in total. The third kappa shape index (κ3) is 4.05. The number of Topliss-reactive ketones (excluding diaryl/α,β-unsaturated/α-hetero) is 1. The summed E-state index contributed by atoms with van der Waals surface area (Å²) in [5.41, 5.74) is 1.29. The van der Waals surface area contributed by atoms with E-state index in [4.69, 9.17) is 14.2 Å². The lowest BCUT2D eigenvalue weighted by Crippen LogP contribution is -2.29. The van der Waals surface area contributed by atoms with Crippen molar-refractivity contribution in [2.45, 2.75) is 13.0 Å². The molecule has 8 heteroatoms. The van der Waals surface area contributed by atoms with Crippen LogP contribution in [0.4, 0.5) is 5.69 Å². The molecule has 0 radical (unpaired) electrons. The van der Waals surface area contributed by atoms with Crippen molar-refractivity contribution in [1.82, 2.24) is 4.98 Å². The zero-order valence-corrected chi connectivity index (χ0v) is 19.0. The summed E-state index contributed by atoms with van der Waals surface area (Å²) in [6, 6.07) is 14.3. The van der Waals surface area contributed by atoms with Crippen molar-refractivity contribution in [3.05, 3.63) is 83.7 Å². The monoisotopic (exact) mass is 460 g/mol. The molecule has 1 aliphatic heterocycles. The Balaban J connectivity index is 1.92. The molecule has 0 spiro atoms. The highest BCUT2D eigenvalue weighted by Gasteiger charge is 2.47. The average molecular weight is 460 g/mol. The number of anilines is 1. The van der Waals surface area contributed by atoms with E-state index in [0.717, 1.165) is 0 Å². The third-order valence-corrected chi connectivity index (χ3v) is 5.55. The molecule has 1 aromatic heterocycles. The van der Waals surface area contributed by atoms with Gasteiger partial charge >= 0.3 is 0 Å². The zero-order valence-electron chi connectivity index (χ0n) is 19.0. The second-order valence-corrected chi connectivity index (χ2v) is 7.44. The van der Waals surface area contributed by atoms with E-state index in [1.165, 1.54) is 19.1 Å².